The van der Waals surface area contributed by atoms with Crippen molar-refractivity contribution in [3.8, 4) is 5.69 Å². The summed E-state index contributed by atoms with van der Waals surface area (Å²) in [6, 6.07) is 9.95. The van der Waals surface area contributed by atoms with Crippen LogP contribution in [0.2, 0.25) is 0 Å². The quantitative estimate of drug-likeness (QED) is 0.426. The first kappa shape index (κ1) is 26.8. The molecule has 11 nitrogen and oxygen atoms in total. The molecule has 3 aliphatic rings. The van der Waals surface area contributed by atoms with Crippen LogP contribution in [0.3, 0.4) is 0 Å². The Morgan fingerprint density at radius 2 is 1.73 bits per heavy atom. The van der Waals surface area contributed by atoms with Gasteiger partial charge in [0.25, 0.3) is 0 Å². The lowest BCUT2D eigenvalue weighted by atomic mass is 10.0. The van der Waals surface area contributed by atoms with Crippen molar-refractivity contribution in [3.63, 3.8) is 0 Å². The average Bonchev–Trinajstić information content (AvgIpc) is 3.72. The van der Waals surface area contributed by atoms with Gasteiger partial charge in [0.2, 0.25) is 12.3 Å². The zero-order chi connectivity index (χ0) is 27.0. The molecule has 1 aromatic carbocycles. The zero-order valence-electron chi connectivity index (χ0n) is 21.9. The summed E-state index contributed by atoms with van der Waals surface area (Å²) < 4.78 is 1.56. The van der Waals surface area contributed by atoms with Crippen LogP contribution in [0.1, 0.15) is 32.3 Å². The molecular formula is C26H38N8O3. The first-order chi connectivity index (χ1) is 17.5. The first-order valence-corrected chi connectivity index (χ1v) is 12.6. The minimum absolute atomic E-state index is 0.0576. The van der Waals surface area contributed by atoms with Crippen molar-refractivity contribution in [2.75, 3.05) is 44.7 Å². The Kier molecular flexibility index (Phi) is 7.15. The summed E-state index contributed by atoms with van der Waals surface area (Å²) in [5, 5.41) is 0. The molecular weight excluding hydrogens is 472 g/mol. The van der Waals surface area contributed by atoms with Gasteiger partial charge >= 0.3 is 5.69 Å². The lowest BCUT2D eigenvalue weighted by Gasteiger charge is -2.37. The minimum atomic E-state index is -0.879. The minimum Gasteiger partial charge on any atom is -0.372 e. The summed E-state index contributed by atoms with van der Waals surface area (Å²) in [5.74, 6) is 0.577. The second-order valence-corrected chi connectivity index (χ2v) is 11.0. The van der Waals surface area contributed by atoms with Gasteiger partial charge in [0.15, 0.2) is 0 Å². The fourth-order valence-electron chi connectivity index (χ4n) is 5.49. The number of fused-ring (bicyclic) bond motifs is 1. The molecule has 1 saturated heterocycles. The van der Waals surface area contributed by atoms with Crippen molar-refractivity contribution in [2.24, 2.45) is 22.6 Å². The topological polar surface area (TPSA) is 157 Å². The van der Waals surface area contributed by atoms with Gasteiger partial charge in [-0.25, -0.2) is 4.79 Å². The number of benzene rings is 1. The maximum atomic E-state index is 12.8. The Bertz CT molecular complexity index is 1190. The molecule has 2 aromatic rings. The van der Waals surface area contributed by atoms with Crippen LogP contribution in [-0.2, 0) is 16.1 Å². The maximum absolute atomic E-state index is 12.8. The molecule has 0 unspecified atom stereocenters. The van der Waals surface area contributed by atoms with Gasteiger partial charge in [0.05, 0.1) is 11.2 Å². The number of nitrogens with zero attached hydrogens (tertiary/aromatic N) is 5. The summed E-state index contributed by atoms with van der Waals surface area (Å²) in [4.78, 5) is 44.3. The molecule has 200 valence electrons. The van der Waals surface area contributed by atoms with Crippen LogP contribution in [0.4, 0.5) is 5.82 Å². The van der Waals surface area contributed by atoms with Crippen LogP contribution in [0, 0.1) is 5.41 Å². The Hall–Kier alpha value is -3.28. The summed E-state index contributed by atoms with van der Waals surface area (Å²) >= 11 is 0. The molecule has 0 radical (unpaired) electrons. The van der Waals surface area contributed by atoms with Crippen LogP contribution < -0.4 is 27.8 Å². The number of anilines is 1. The third-order valence-corrected chi connectivity index (χ3v) is 7.99. The van der Waals surface area contributed by atoms with E-state index in [-0.39, 0.29) is 18.0 Å². The van der Waals surface area contributed by atoms with Gasteiger partial charge in [-0.1, -0.05) is 12.1 Å². The number of carbonyl (C=O) groups is 2. The maximum Gasteiger partial charge on any atom is 0.354 e. The number of hydrogen-bond donors (Lipinski definition) is 3. The Balaban J connectivity index is 0.00000102. The van der Waals surface area contributed by atoms with Gasteiger partial charge in [0, 0.05) is 49.9 Å². The van der Waals surface area contributed by atoms with Crippen LogP contribution >= 0.6 is 0 Å². The van der Waals surface area contributed by atoms with Crippen LogP contribution in [0.25, 0.3) is 5.69 Å². The molecule has 2 aliphatic carbocycles. The highest BCUT2D eigenvalue weighted by molar-refractivity contribution is 5.85. The number of rotatable bonds is 7. The smallest absolute Gasteiger partial charge is 0.354 e. The van der Waals surface area contributed by atoms with Crippen molar-refractivity contribution in [1.82, 2.24) is 19.4 Å². The summed E-state index contributed by atoms with van der Waals surface area (Å²) in [7, 11) is 2.18. The van der Waals surface area contributed by atoms with E-state index in [0.29, 0.717) is 43.0 Å². The van der Waals surface area contributed by atoms with Gasteiger partial charge in [0.1, 0.15) is 5.82 Å². The number of aromatic nitrogens is 2. The SMILES string of the molecule is CN(Cc1ccc(-n2ccc(N3CCN(C(=O)C(C)(C)N)CC3)nc2=O)cc1)C12CC1(CN)C2.NC=O. The molecule has 3 fully saturated rings. The number of amides is 2. The van der Waals surface area contributed by atoms with Gasteiger partial charge in [-0.3, -0.25) is 19.1 Å². The predicted octanol–water partition coefficient (Wildman–Crippen LogP) is -0.357. The van der Waals surface area contributed by atoms with E-state index in [2.05, 4.69) is 34.8 Å². The van der Waals surface area contributed by atoms with E-state index in [0.717, 1.165) is 18.8 Å². The van der Waals surface area contributed by atoms with E-state index in [1.54, 1.807) is 29.5 Å². The second kappa shape index (κ2) is 9.88. The Labute approximate surface area is 217 Å². The molecule has 11 heteroatoms. The third kappa shape index (κ3) is 5.11. The van der Waals surface area contributed by atoms with Crippen molar-refractivity contribution in [3.05, 3.63) is 52.6 Å². The van der Waals surface area contributed by atoms with E-state index in [1.807, 2.05) is 23.1 Å². The third-order valence-electron chi connectivity index (χ3n) is 7.99. The molecule has 2 heterocycles. The molecule has 0 bridgehead atoms. The molecule has 0 atom stereocenters. The normalized spacial score (nSPS) is 24.2. The van der Waals surface area contributed by atoms with E-state index in [4.69, 9.17) is 16.3 Å². The van der Waals surface area contributed by atoms with E-state index in [1.165, 1.54) is 18.4 Å². The number of nitrogens with two attached hydrogens (primary N) is 3. The fraction of sp³-hybridized carbons (Fsp3) is 0.538. The standard InChI is InChI=1S/C25H35N7O2.CH3NO/c1-23(2,27)21(33)31-12-10-30(11-13-31)20-8-9-32(22(34)28-20)19-6-4-18(5-7-19)14-29(3)25-15-24(25,16-25)17-26;2-1-3/h4-9H,10-17,26-27H2,1-3H3;1H,(H2,2,3). The van der Waals surface area contributed by atoms with Gasteiger partial charge in [-0.15, -0.1) is 0 Å². The lowest BCUT2D eigenvalue weighted by Crippen LogP contribution is -2.57. The molecule has 1 aliphatic heterocycles. The number of piperazine rings is 1. The van der Waals surface area contributed by atoms with Crippen LogP contribution in [0.15, 0.2) is 41.3 Å². The molecule has 6 N–H and O–H groups in total. The molecule has 1 aromatic heterocycles. The number of hydrogen-bond acceptors (Lipinski definition) is 8. The Morgan fingerprint density at radius 3 is 2.22 bits per heavy atom. The highest BCUT2D eigenvalue weighted by Crippen LogP contribution is 2.80. The van der Waals surface area contributed by atoms with Crippen molar-refractivity contribution < 1.29 is 9.59 Å². The number of carbonyl (C=O) groups excluding carboxylic acids is 2. The molecule has 0 spiro atoms. The van der Waals surface area contributed by atoms with Gasteiger partial charge in [-0.05, 0) is 64.0 Å². The zero-order valence-corrected chi connectivity index (χ0v) is 21.9. The van der Waals surface area contributed by atoms with E-state index in [9.17, 15) is 9.59 Å². The molecule has 37 heavy (non-hydrogen) atoms. The predicted molar refractivity (Wildman–Crippen MR) is 142 cm³/mol. The van der Waals surface area contributed by atoms with Crippen LogP contribution in [0.5, 0.6) is 0 Å². The van der Waals surface area contributed by atoms with Crippen LogP contribution in [-0.4, -0.2) is 82.5 Å². The lowest BCUT2D eigenvalue weighted by molar-refractivity contribution is -0.136. The molecule has 2 saturated carbocycles. The van der Waals surface area contributed by atoms with Crippen molar-refractivity contribution >= 4 is 18.1 Å². The largest absolute Gasteiger partial charge is 0.372 e. The monoisotopic (exact) mass is 510 g/mol. The van der Waals surface area contributed by atoms with Gasteiger partial charge < -0.3 is 27.0 Å². The molecule has 5 rings (SSSR count). The number of primary amides is 1. The van der Waals surface area contributed by atoms with Gasteiger partial charge in [-0.2, -0.15) is 4.98 Å². The summed E-state index contributed by atoms with van der Waals surface area (Å²) in [6.07, 6.45) is 4.46. The van der Waals surface area contributed by atoms with E-state index >= 15 is 0 Å². The Morgan fingerprint density at radius 1 is 1.14 bits per heavy atom. The highest BCUT2D eigenvalue weighted by Gasteiger charge is 2.83. The fourth-order valence-corrected chi connectivity index (χ4v) is 5.49. The summed E-state index contributed by atoms with van der Waals surface area (Å²) in [5.41, 5.74) is 17.6. The van der Waals surface area contributed by atoms with E-state index < -0.39 is 5.54 Å². The highest BCUT2D eigenvalue weighted by atomic mass is 16.2. The molecule has 2 amide bonds. The second-order valence-electron chi connectivity index (χ2n) is 11.0. The average molecular weight is 511 g/mol. The summed E-state index contributed by atoms with van der Waals surface area (Å²) in [6.45, 7) is 7.47. The first-order valence-electron chi connectivity index (χ1n) is 12.6. The van der Waals surface area contributed by atoms with Crippen molar-refractivity contribution in [1.29, 1.82) is 0 Å². The van der Waals surface area contributed by atoms with Crippen molar-refractivity contribution in [2.45, 2.75) is 44.3 Å².